The summed E-state index contributed by atoms with van der Waals surface area (Å²) in [5, 5.41) is 3.22. The van der Waals surface area contributed by atoms with Gasteiger partial charge in [-0.2, -0.15) is 0 Å². The monoisotopic (exact) mass is 234 g/mol. The summed E-state index contributed by atoms with van der Waals surface area (Å²) in [6, 6.07) is 7.02. The van der Waals surface area contributed by atoms with Crippen LogP contribution < -0.4 is 15.8 Å². The number of primary amides is 1. The lowest BCUT2D eigenvalue weighted by molar-refractivity contribution is -0.120. The first kappa shape index (κ1) is 11.9. The summed E-state index contributed by atoms with van der Waals surface area (Å²) in [4.78, 5) is 11.5. The molecule has 4 nitrogen and oxygen atoms in total. The Kier molecular flexibility index (Phi) is 3.64. The fourth-order valence-corrected chi connectivity index (χ4v) is 1.81. The number of methoxy groups -OCH3 is 1. The molecule has 1 aromatic carbocycles. The molecule has 0 spiro atoms. The molecule has 4 heteroatoms. The lowest BCUT2D eigenvalue weighted by Gasteiger charge is -2.16. The maximum absolute atomic E-state index is 11.5. The third-order valence-electron chi connectivity index (χ3n) is 3.02. The van der Waals surface area contributed by atoms with E-state index in [0.29, 0.717) is 5.92 Å². The van der Waals surface area contributed by atoms with Gasteiger partial charge >= 0.3 is 0 Å². The van der Waals surface area contributed by atoms with Gasteiger partial charge in [0.05, 0.1) is 7.11 Å². The van der Waals surface area contributed by atoms with Crippen LogP contribution >= 0.6 is 0 Å². The molecule has 17 heavy (non-hydrogen) atoms. The number of nitrogens with two attached hydrogens (primary N) is 1. The van der Waals surface area contributed by atoms with E-state index in [9.17, 15) is 4.79 Å². The number of amides is 1. The number of benzene rings is 1. The predicted octanol–water partition coefficient (Wildman–Crippen LogP) is 1.22. The molecule has 2 rings (SSSR count). The topological polar surface area (TPSA) is 64.3 Å². The Bertz CT molecular complexity index is 402. The molecule has 1 saturated carbocycles. The number of hydrogen-bond donors (Lipinski definition) is 2. The Hall–Kier alpha value is -1.55. The summed E-state index contributed by atoms with van der Waals surface area (Å²) < 4.78 is 5.14. The van der Waals surface area contributed by atoms with Crippen molar-refractivity contribution in [3.05, 3.63) is 29.8 Å². The smallest absolute Gasteiger partial charge is 0.239 e. The third-order valence-corrected chi connectivity index (χ3v) is 3.02. The van der Waals surface area contributed by atoms with E-state index in [2.05, 4.69) is 5.32 Å². The molecule has 1 atom stereocenters. The standard InChI is InChI=1S/C13H18N2O2/c1-17-11-4-2-3-10(7-11)12(13(14)16)15-8-9-5-6-9/h2-4,7,9,12,15H,5-6,8H2,1H3,(H2,14,16). The molecule has 3 N–H and O–H groups in total. The van der Waals surface area contributed by atoms with Crippen molar-refractivity contribution in [1.29, 1.82) is 0 Å². The number of hydrogen-bond acceptors (Lipinski definition) is 3. The Balaban J connectivity index is 2.09. The third kappa shape index (κ3) is 3.20. The van der Waals surface area contributed by atoms with E-state index in [-0.39, 0.29) is 5.91 Å². The summed E-state index contributed by atoms with van der Waals surface area (Å²) >= 11 is 0. The second-order valence-corrected chi connectivity index (χ2v) is 4.46. The van der Waals surface area contributed by atoms with Crippen LogP contribution in [0.3, 0.4) is 0 Å². The van der Waals surface area contributed by atoms with Crippen LogP contribution in [0.4, 0.5) is 0 Å². The van der Waals surface area contributed by atoms with E-state index in [1.54, 1.807) is 7.11 Å². The summed E-state index contributed by atoms with van der Waals surface area (Å²) in [5.41, 5.74) is 6.28. The Morgan fingerprint density at radius 1 is 1.59 bits per heavy atom. The van der Waals surface area contributed by atoms with Crippen LogP contribution in [-0.2, 0) is 4.79 Å². The van der Waals surface area contributed by atoms with Gasteiger partial charge in [-0.25, -0.2) is 0 Å². The second kappa shape index (κ2) is 5.19. The van der Waals surface area contributed by atoms with Crippen molar-refractivity contribution in [3.8, 4) is 5.75 Å². The van der Waals surface area contributed by atoms with Crippen LogP contribution in [0.15, 0.2) is 24.3 Å². The number of carbonyl (C=O) groups excluding carboxylic acids is 1. The van der Waals surface area contributed by atoms with E-state index in [0.717, 1.165) is 17.9 Å². The maximum atomic E-state index is 11.5. The van der Waals surface area contributed by atoms with Gasteiger partial charge in [-0.1, -0.05) is 12.1 Å². The molecule has 1 amide bonds. The van der Waals surface area contributed by atoms with Crippen molar-refractivity contribution < 1.29 is 9.53 Å². The van der Waals surface area contributed by atoms with Gasteiger partial charge in [-0.15, -0.1) is 0 Å². The van der Waals surface area contributed by atoms with Crippen LogP contribution in [0.5, 0.6) is 5.75 Å². The first-order valence-corrected chi connectivity index (χ1v) is 5.87. The Labute approximate surface area is 101 Å². The average molecular weight is 234 g/mol. The molecule has 1 aliphatic carbocycles. The minimum Gasteiger partial charge on any atom is -0.497 e. The largest absolute Gasteiger partial charge is 0.497 e. The van der Waals surface area contributed by atoms with Gasteiger partial charge in [0.15, 0.2) is 0 Å². The van der Waals surface area contributed by atoms with Gasteiger partial charge in [0.2, 0.25) is 5.91 Å². The first-order valence-electron chi connectivity index (χ1n) is 5.87. The van der Waals surface area contributed by atoms with Crippen molar-refractivity contribution in [2.24, 2.45) is 11.7 Å². The van der Waals surface area contributed by atoms with Crippen molar-refractivity contribution >= 4 is 5.91 Å². The van der Waals surface area contributed by atoms with Gasteiger partial charge in [0, 0.05) is 0 Å². The van der Waals surface area contributed by atoms with Gasteiger partial charge in [-0.05, 0) is 43.0 Å². The molecule has 0 saturated heterocycles. The summed E-state index contributed by atoms with van der Waals surface area (Å²) in [7, 11) is 1.61. The quantitative estimate of drug-likeness (QED) is 0.778. The fourth-order valence-electron chi connectivity index (χ4n) is 1.81. The first-order chi connectivity index (χ1) is 8.20. The van der Waals surface area contributed by atoms with Gasteiger partial charge in [0.25, 0.3) is 0 Å². The highest BCUT2D eigenvalue weighted by Crippen LogP contribution is 2.29. The highest BCUT2D eigenvalue weighted by atomic mass is 16.5. The van der Waals surface area contributed by atoms with E-state index in [1.165, 1.54) is 12.8 Å². The number of ether oxygens (including phenoxy) is 1. The summed E-state index contributed by atoms with van der Waals surface area (Å²) in [6.45, 7) is 0.852. The van der Waals surface area contributed by atoms with Crippen molar-refractivity contribution in [3.63, 3.8) is 0 Å². The lowest BCUT2D eigenvalue weighted by atomic mass is 10.1. The van der Waals surface area contributed by atoms with Gasteiger partial charge in [0.1, 0.15) is 11.8 Å². The van der Waals surface area contributed by atoms with Crippen LogP contribution in [-0.4, -0.2) is 19.6 Å². The normalized spacial score (nSPS) is 16.5. The molecule has 0 radical (unpaired) electrons. The molecule has 0 bridgehead atoms. The molecule has 1 aliphatic rings. The second-order valence-electron chi connectivity index (χ2n) is 4.46. The minimum absolute atomic E-state index is 0.348. The zero-order chi connectivity index (χ0) is 12.3. The summed E-state index contributed by atoms with van der Waals surface area (Å²) in [5.74, 6) is 1.10. The minimum atomic E-state index is -0.425. The zero-order valence-corrected chi connectivity index (χ0v) is 9.98. The highest BCUT2D eigenvalue weighted by molar-refractivity contribution is 5.81. The van der Waals surface area contributed by atoms with Gasteiger partial charge in [-0.3, -0.25) is 4.79 Å². The van der Waals surface area contributed by atoms with Crippen molar-refractivity contribution in [2.75, 3.05) is 13.7 Å². The van der Waals surface area contributed by atoms with Crippen LogP contribution in [0.25, 0.3) is 0 Å². The number of carbonyl (C=O) groups is 1. The molecule has 1 fully saturated rings. The molecule has 1 aromatic rings. The van der Waals surface area contributed by atoms with Crippen LogP contribution in [0.1, 0.15) is 24.4 Å². The predicted molar refractivity (Wildman–Crippen MR) is 65.7 cm³/mol. The Morgan fingerprint density at radius 2 is 2.35 bits per heavy atom. The molecule has 0 aliphatic heterocycles. The van der Waals surface area contributed by atoms with Gasteiger partial charge < -0.3 is 15.8 Å². The van der Waals surface area contributed by atoms with E-state index >= 15 is 0 Å². The SMILES string of the molecule is COc1cccc(C(NCC2CC2)C(N)=O)c1. The number of rotatable bonds is 6. The van der Waals surface area contributed by atoms with Crippen molar-refractivity contribution in [2.45, 2.75) is 18.9 Å². The highest BCUT2D eigenvalue weighted by Gasteiger charge is 2.24. The number of nitrogens with one attached hydrogen (secondary N) is 1. The zero-order valence-electron chi connectivity index (χ0n) is 9.98. The van der Waals surface area contributed by atoms with E-state index in [4.69, 9.17) is 10.5 Å². The maximum Gasteiger partial charge on any atom is 0.239 e. The Morgan fingerprint density at radius 3 is 2.94 bits per heavy atom. The molecule has 0 aromatic heterocycles. The summed E-state index contributed by atoms with van der Waals surface area (Å²) in [6.07, 6.45) is 2.49. The van der Waals surface area contributed by atoms with Crippen molar-refractivity contribution in [1.82, 2.24) is 5.32 Å². The molecule has 1 unspecified atom stereocenters. The molecular formula is C13H18N2O2. The average Bonchev–Trinajstić information content (AvgIpc) is 3.13. The van der Waals surface area contributed by atoms with E-state index < -0.39 is 6.04 Å². The molecular weight excluding hydrogens is 216 g/mol. The molecule has 0 heterocycles. The van der Waals surface area contributed by atoms with Crippen LogP contribution in [0, 0.1) is 5.92 Å². The lowest BCUT2D eigenvalue weighted by Crippen LogP contribution is -2.34. The van der Waals surface area contributed by atoms with Crippen LogP contribution in [0.2, 0.25) is 0 Å². The molecule has 92 valence electrons. The fraction of sp³-hybridized carbons (Fsp3) is 0.462. The van der Waals surface area contributed by atoms with E-state index in [1.807, 2.05) is 24.3 Å².